The molecular formula is C18H18Cl2N2O3. The number of hydrogen-bond donors (Lipinski definition) is 2. The molecule has 7 heteroatoms. The van der Waals surface area contributed by atoms with Crippen LogP contribution in [0.1, 0.15) is 11.1 Å². The van der Waals surface area contributed by atoms with Crippen LogP contribution in [-0.4, -0.2) is 25.0 Å². The molecule has 0 saturated heterocycles. The molecular weight excluding hydrogens is 363 g/mol. The smallest absolute Gasteiger partial charge is 0.258 e. The largest absolute Gasteiger partial charge is 0.484 e. The van der Waals surface area contributed by atoms with Gasteiger partial charge in [-0.1, -0.05) is 41.4 Å². The fraction of sp³-hybridized carbons (Fsp3) is 0.222. The van der Waals surface area contributed by atoms with Crippen LogP contribution in [0.3, 0.4) is 0 Å². The number of nitrogens with one attached hydrogen (secondary N) is 2. The molecule has 0 aliphatic rings. The lowest BCUT2D eigenvalue weighted by atomic mass is 10.1. The number of amides is 2. The van der Waals surface area contributed by atoms with Crippen molar-refractivity contribution in [3.05, 3.63) is 57.6 Å². The van der Waals surface area contributed by atoms with Gasteiger partial charge in [0.15, 0.2) is 6.61 Å². The van der Waals surface area contributed by atoms with E-state index in [9.17, 15) is 9.59 Å². The molecule has 5 nitrogen and oxygen atoms in total. The van der Waals surface area contributed by atoms with Gasteiger partial charge in [-0.2, -0.15) is 0 Å². The summed E-state index contributed by atoms with van der Waals surface area (Å²) in [5, 5.41) is 6.12. The fourth-order valence-electron chi connectivity index (χ4n) is 2.19. The fourth-order valence-corrected chi connectivity index (χ4v) is 2.69. The molecule has 132 valence electrons. The molecule has 2 aromatic rings. The molecule has 0 radical (unpaired) electrons. The minimum atomic E-state index is -0.423. The number of aryl methyl sites for hydroxylation is 2. The van der Waals surface area contributed by atoms with Gasteiger partial charge in [0.25, 0.3) is 5.91 Å². The zero-order chi connectivity index (χ0) is 18.4. The summed E-state index contributed by atoms with van der Waals surface area (Å²) in [4.78, 5) is 23.8. The number of para-hydroxylation sites is 1. The highest BCUT2D eigenvalue weighted by Crippen LogP contribution is 2.24. The number of carbonyl (C=O) groups excluding carboxylic acids is 2. The minimum Gasteiger partial charge on any atom is -0.484 e. The van der Waals surface area contributed by atoms with Crippen molar-refractivity contribution in [2.45, 2.75) is 13.8 Å². The predicted octanol–water partition coefficient (Wildman–Crippen LogP) is 3.74. The quantitative estimate of drug-likeness (QED) is 0.801. The molecule has 0 fully saturated rings. The van der Waals surface area contributed by atoms with E-state index in [2.05, 4.69) is 10.6 Å². The lowest BCUT2D eigenvalue weighted by Crippen LogP contribution is -2.36. The highest BCUT2D eigenvalue weighted by Gasteiger charge is 2.10. The Bertz CT molecular complexity index is 753. The molecule has 25 heavy (non-hydrogen) atoms. The van der Waals surface area contributed by atoms with E-state index in [4.69, 9.17) is 27.9 Å². The van der Waals surface area contributed by atoms with E-state index in [-0.39, 0.29) is 19.1 Å². The Kier molecular flexibility index (Phi) is 6.67. The van der Waals surface area contributed by atoms with E-state index in [1.807, 2.05) is 32.0 Å². The molecule has 2 N–H and O–H groups in total. The van der Waals surface area contributed by atoms with Crippen molar-refractivity contribution >= 4 is 40.7 Å². The van der Waals surface area contributed by atoms with Crippen LogP contribution in [0.25, 0.3) is 0 Å². The average molecular weight is 381 g/mol. The van der Waals surface area contributed by atoms with Crippen LogP contribution in [0, 0.1) is 13.8 Å². The molecule has 0 aromatic heterocycles. The second kappa shape index (κ2) is 8.74. The van der Waals surface area contributed by atoms with Gasteiger partial charge in [-0.05, 0) is 43.2 Å². The maximum absolute atomic E-state index is 12.0. The number of carbonyl (C=O) groups is 2. The molecule has 0 bridgehead atoms. The maximum atomic E-state index is 12.0. The Morgan fingerprint density at radius 2 is 1.60 bits per heavy atom. The number of halogens is 2. The standard InChI is InChI=1S/C18H18Cl2N2O3/c1-11-4-3-5-12(2)18(11)22-16(23)9-21-17(24)10-25-15-7-13(19)6-14(20)8-15/h3-8H,9-10H2,1-2H3,(H,21,24)(H,22,23). The molecule has 0 spiro atoms. The predicted molar refractivity (Wildman–Crippen MR) is 99.5 cm³/mol. The first-order valence-electron chi connectivity index (χ1n) is 7.57. The number of hydrogen-bond acceptors (Lipinski definition) is 3. The summed E-state index contributed by atoms with van der Waals surface area (Å²) in [6, 6.07) is 10.4. The van der Waals surface area contributed by atoms with E-state index >= 15 is 0 Å². The summed E-state index contributed by atoms with van der Waals surface area (Å²) in [6.45, 7) is 3.43. The van der Waals surface area contributed by atoms with Crippen LogP contribution < -0.4 is 15.4 Å². The van der Waals surface area contributed by atoms with Crippen molar-refractivity contribution in [2.75, 3.05) is 18.5 Å². The van der Waals surface area contributed by atoms with Crippen LogP contribution >= 0.6 is 23.2 Å². The Hall–Kier alpha value is -2.24. The lowest BCUT2D eigenvalue weighted by Gasteiger charge is -2.12. The molecule has 0 heterocycles. The van der Waals surface area contributed by atoms with Gasteiger partial charge in [-0.15, -0.1) is 0 Å². The minimum absolute atomic E-state index is 0.147. The second-order valence-electron chi connectivity index (χ2n) is 5.49. The number of ether oxygens (including phenoxy) is 1. The molecule has 0 saturated carbocycles. The zero-order valence-electron chi connectivity index (χ0n) is 13.9. The maximum Gasteiger partial charge on any atom is 0.258 e. The van der Waals surface area contributed by atoms with Crippen LogP contribution in [0.5, 0.6) is 5.75 Å². The third-order valence-electron chi connectivity index (χ3n) is 3.40. The van der Waals surface area contributed by atoms with Crippen molar-refractivity contribution in [3.63, 3.8) is 0 Å². The molecule has 0 aliphatic carbocycles. The summed E-state index contributed by atoms with van der Waals surface area (Å²) in [5.74, 6) is -0.350. The van der Waals surface area contributed by atoms with Gasteiger partial charge in [0, 0.05) is 15.7 Å². The molecule has 0 atom stereocenters. The highest BCUT2D eigenvalue weighted by atomic mass is 35.5. The second-order valence-corrected chi connectivity index (χ2v) is 6.36. The third-order valence-corrected chi connectivity index (χ3v) is 3.83. The Balaban J connectivity index is 1.80. The van der Waals surface area contributed by atoms with Gasteiger partial charge in [0.05, 0.1) is 6.54 Å². The summed E-state index contributed by atoms with van der Waals surface area (Å²) in [6.07, 6.45) is 0. The zero-order valence-corrected chi connectivity index (χ0v) is 15.4. The SMILES string of the molecule is Cc1cccc(C)c1NC(=O)CNC(=O)COc1cc(Cl)cc(Cl)c1. The van der Waals surface area contributed by atoms with Crippen molar-refractivity contribution < 1.29 is 14.3 Å². The summed E-state index contributed by atoms with van der Waals surface area (Å²) in [5.41, 5.74) is 2.67. The third kappa shape index (κ3) is 5.96. The van der Waals surface area contributed by atoms with Crippen molar-refractivity contribution in [1.29, 1.82) is 0 Å². The molecule has 0 unspecified atom stereocenters. The van der Waals surface area contributed by atoms with Gasteiger partial charge in [0.2, 0.25) is 5.91 Å². The first-order chi connectivity index (χ1) is 11.8. The lowest BCUT2D eigenvalue weighted by molar-refractivity contribution is -0.125. The first kappa shape index (κ1) is 19.1. The van der Waals surface area contributed by atoms with E-state index in [1.54, 1.807) is 18.2 Å². The van der Waals surface area contributed by atoms with Crippen molar-refractivity contribution in [1.82, 2.24) is 5.32 Å². The van der Waals surface area contributed by atoms with Gasteiger partial charge >= 0.3 is 0 Å². The monoisotopic (exact) mass is 380 g/mol. The molecule has 2 aromatic carbocycles. The number of anilines is 1. The number of benzene rings is 2. The molecule has 2 rings (SSSR count). The number of rotatable bonds is 6. The van der Waals surface area contributed by atoms with Gasteiger partial charge in [0.1, 0.15) is 5.75 Å². The van der Waals surface area contributed by atoms with Crippen LogP contribution in [0.4, 0.5) is 5.69 Å². The van der Waals surface area contributed by atoms with E-state index < -0.39 is 5.91 Å². The summed E-state index contributed by atoms with van der Waals surface area (Å²) < 4.78 is 5.31. The summed E-state index contributed by atoms with van der Waals surface area (Å²) >= 11 is 11.7. The van der Waals surface area contributed by atoms with Gasteiger partial charge in [-0.25, -0.2) is 0 Å². The average Bonchev–Trinajstić information content (AvgIpc) is 2.53. The Labute approximate surface area is 156 Å². The van der Waals surface area contributed by atoms with Crippen molar-refractivity contribution in [2.24, 2.45) is 0 Å². The Morgan fingerprint density at radius 3 is 2.20 bits per heavy atom. The Morgan fingerprint density at radius 1 is 1.00 bits per heavy atom. The molecule has 2 amide bonds. The topological polar surface area (TPSA) is 67.4 Å². The van der Waals surface area contributed by atoms with E-state index in [0.29, 0.717) is 15.8 Å². The van der Waals surface area contributed by atoms with Gasteiger partial charge in [-0.3, -0.25) is 9.59 Å². The first-order valence-corrected chi connectivity index (χ1v) is 8.32. The van der Waals surface area contributed by atoms with E-state index in [1.165, 1.54) is 0 Å². The molecule has 0 aliphatic heterocycles. The van der Waals surface area contributed by atoms with Crippen molar-refractivity contribution in [3.8, 4) is 5.75 Å². The van der Waals surface area contributed by atoms with Crippen LogP contribution in [-0.2, 0) is 9.59 Å². The van der Waals surface area contributed by atoms with E-state index in [0.717, 1.165) is 16.8 Å². The normalized spacial score (nSPS) is 10.2. The van der Waals surface area contributed by atoms with Crippen LogP contribution in [0.15, 0.2) is 36.4 Å². The summed E-state index contributed by atoms with van der Waals surface area (Å²) in [7, 11) is 0. The highest BCUT2D eigenvalue weighted by molar-refractivity contribution is 6.34. The van der Waals surface area contributed by atoms with Crippen LogP contribution in [0.2, 0.25) is 10.0 Å². The van der Waals surface area contributed by atoms with Gasteiger partial charge < -0.3 is 15.4 Å².